The minimum absolute atomic E-state index is 0.712. The molecule has 1 N–H and O–H groups in total. The third kappa shape index (κ3) is 2.54. The van der Waals surface area contributed by atoms with E-state index in [1.165, 1.54) is 38.8 Å². The molecule has 3 atom stereocenters. The van der Waals surface area contributed by atoms with Gasteiger partial charge in [0.05, 0.1) is 0 Å². The molecular weight excluding hydrogens is 184 g/mol. The average molecular weight is 210 g/mol. The molecule has 2 nitrogen and oxygen atoms in total. The van der Waals surface area contributed by atoms with E-state index in [1.54, 1.807) is 0 Å². The second-order valence-electron chi connectivity index (χ2n) is 5.63. The predicted molar refractivity (Wildman–Crippen MR) is 65.1 cm³/mol. The molecule has 2 bridgehead atoms. The monoisotopic (exact) mass is 210 g/mol. The molecule has 2 heterocycles. The van der Waals surface area contributed by atoms with Crippen LogP contribution in [0.15, 0.2) is 0 Å². The Bertz CT molecular complexity index is 203. The van der Waals surface area contributed by atoms with Crippen LogP contribution in [0.4, 0.5) is 0 Å². The van der Waals surface area contributed by atoms with E-state index in [9.17, 15) is 0 Å². The summed E-state index contributed by atoms with van der Waals surface area (Å²) in [7, 11) is 0. The van der Waals surface area contributed by atoms with Crippen molar-refractivity contribution in [2.45, 2.75) is 64.6 Å². The average Bonchev–Trinajstić information content (AvgIpc) is 2.78. The lowest BCUT2D eigenvalue weighted by Crippen LogP contribution is -2.39. The second-order valence-corrected chi connectivity index (χ2v) is 5.63. The Morgan fingerprint density at radius 1 is 1.33 bits per heavy atom. The third-order valence-corrected chi connectivity index (χ3v) is 4.14. The highest BCUT2D eigenvalue weighted by Crippen LogP contribution is 2.33. The van der Waals surface area contributed by atoms with Crippen molar-refractivity contribution in [2.75, 3.05) is 13.1 Å². The van der Waals surface area contributed by atoms with Gasteiger partial charge in [0.2, 0.25) is 0 Å². The quantitative estimate of drug-likeness (QED) is 0.749. The van der Waals surface area contributed by atoms with Gasteiger partial charge in [0.15, 0.2) is 0 Å². The molecule has 2 heteroatoms. The second kappa shape index (κ2) is 4.84. The Kier molecular flexibility index (Phi) is 3.68. The fourth-order valence-electron chi connectivity index (χ4n) is 3.29. The highest BCUT2D eigenvalue weighted by atomic mass is 15.2. The molecule has 2 aliphatic heterocycles. The van der Waals surface area contributed by atoms with Crippen LogP contribution in [0, 0.1) is 5.92 Å². The van der Waals surface area contributed by atoms with Crippen LogP contribution in [0.1, 0.15) is 46.5 Å². The van der Waals surface area contributed by atoms with Crippen molar-refractivity contribution in [3.63, 3.8) is 0 Å². The highest BCUT2D eigenvalue weighted by molar-refractivity contribution is 4.98. The van der Waals surface area contributed by atoms with Gasteiger partial charge in [-0.15, -0.1) is 0 Å². The van der Waals surface area contributed by atoms with Crippen LogP contribution in [-0.2, 0) is 0 Å². The van der Waals surface area contributed by atoms with Crippen molar-refractivity contribution >= 4 is 0 Å². The number of rotatable bonds is 5. The maximum atomic E-state index is 3.74. The van der Waals surface area contributed by atoms with Crippen molar-refractivity contribution in [3.8, 4) is 0 Å². The molecule has 0 amide bonds. The summed E-state index contributed by atoms with van der Waals surface area (Å²) in [4.78, 5) is 2.66. The summed E-state index contributed by atoms with van der Waals surface area (Å²) in [5, 5.41) is 3.74. The van der Waals surface area contributed by atoms with Gasteiger partial charge in [0.25, 0.3) is 0 Å². The fraction of sp³-hybridized carbons (Fsp3) is 1.00. The normalized spacial score (nSPS) is 34.6. The first-order valence-corrected chi connectivity index (χ1v) is 6.70. The summed E-state index contributed by atoms with van der Waals surface area (Å²) in [6.45, 7) is 9.53. The highest BCUT2D eigenvalue weighted by Gasteiger charge is 2.39. The van der Waals surface area contributed by atoms with E-state index in [2.05, 4.69) is 31.0 Å². The van der Waals surface area contributed by atoms with E-state index in [0.29, 0.717) is 6.04 Å². The molecule has 15 heavy (non-hydrogen) atoms. The lowest BCUT2D eigenvalue weighted by molar-refractivity contribution is 0.173. The van der Waals surface area contributed by atoms with E-state index in [-0.39, 0.29) is 0 Å². The van der Waals surface area contributed by atoms with Crippen LogP contribution >= 0.6 is 0 Å². The van der Waals surface area contributed by atoms with Crippen molar-refractivity contribution in [1.82, 2.24) is 10.2 Å². The zero-order valence-electron chi connectivity index (χ0n) is 10.5. The molecule has 0 aliphatic carbocycles. The zero-order valence-corrected chi connectivity index (χ0v) is 10.5. The van der Waals surface area contributed by atoms with Crippen molar-refractivity contribution < 1.29 is 0 Å². The van der Waals surface area contributed by atoms with E-state index in [0.717, 1.165) is 18.0 Å². The Morgan fingerprint density at radius 2 is 2.13 bits per heavy atom. The molecule has 0 spiro atoms. The molecule has 0 aromatic heterocycles. The molecule has 0 aromatic rings. The van der Waals surface area contributed by atoms with E-state index < -0.39 is 0 Å². The fourth-order valence-corrected chi connectivity index (χ4v) is 3.29. The number of nitrogens with one attached hydrogen (secondary N) is 1. The maximum absolute atomic E-state index is 3.74. The van der Waals surface area contributed by atoms with Crippen LogP contribution in [0.5, 0.6) is 0 Å². The number of hydrogen-bond acceptors (Lipinski definition) is 2. The summed E-state index contributed by atoms with van der Waals surface area (Å²) in [5.41, 5.74) is 0. The van der Waals surface area contributed by atoms with Crippen LogP contribution in [0.2, 0.25) is 0 Å². The van der Waals surface area contributed by atoms with Gasteiger partial charge in [0.1, 0.15) is 0 Å². The van der Waals surface area contributed by atoms with Gasteiger partial charge in [-0.3, -0.25) is 0 Å². The van der Waals surface area contributed by atoms with Crippen LogP contribution in [-0.4, -0.2) is 36.1 Å². The largest absolute Gasteiger partial charge is 0.311 e. The van der Waals surface area contributed by atoms with Gasteiger partial charge >= 0.3 is 0 Å². The van der Waals surface area contributed by atoms with Gasteiger partial charge in [-0.2, -0.15) is 0 Å². The summed E-state index contributed by atoms with van der Waals surface area (Å²) < 4.78 is 0. The molecule has 0 radical (unpaired) electrons. The van der Waals surface area contributed by atoms with E-state index in [1.807, 2.05) is 0 Å². The summed E-state index contributed by atoms with van der Waals surface area (Å²) in [6, 6.07) is 2.41. The molecule has 2 rings (SSSR count). The van der Waals surface area contributed by atoms with Gasteiger partial charge < -0.3 is 10.2 Å². The van der Waals surface area contributed by atoms with Gasteiger partial charge in [0, 0.05) is 24.7 Å². The number of nitrogens with zero attached hydrogens (tertiary/aromatic N) is 1. The standard InChI is InChI=1S/C13H26N2/c1-4-7-15(10(2)3)9-11-8-12-5-6-13(11)14-12/h10-14H,4-9H2,1-3H3. The van der Waals surface area contributed by atoms with Crippen LogP contribution in [0.25, 0.3) is 0 Å². The Labute approximate surface area is 94.4 Å². The topological polar surface area (TPSA) is 15.3 Å². The predicted octanol–water partition coefficient (Wildman–Crippen LogP) is 2.25. The number of fused-ring (bicyclic) bond motifs is 2. The molecule has 88 valence electrons. The summed E-state index contributed by atoms with van der Waals surface area (Å²) >= 11 is 0. The van der Waals surface area contributed by atoms with Crippen molar-refractivity contribution in [2.24, 2.45) is 5.92 Å². The molecule has 0 aromatic carbocycles. The molecular formula is C13H26N2. The minimum Gasteiger partial charge on any atom is -0.311 e. The third-order valence-electron chi connectivity index (χ3n) is 4.14. The molecule has 2 saturated heterocycles. The van der Waals surface area contributed by atoms with Crippen molar-refractivity contribution in [3.05, 3.63) is 0 Å². The first-order chi connectivity index (χ1) is 7.20. The van der Waals surface area contributed by atoms with Gasteiger partial charge in [-0.1, -0.05) is 6.92 Å². The van der Waals surface area contributed by atoms with Gasteiger partial charge in [-0.25, -0.2) is 0 Å². The molecule has 3 unspecified atom stereocenters. The molecule has 2 aliphatic rings. The smallest absolute Gasteiger partial charge is 0.0111 e. The summed E-state index contributed by atoms with van der Waals surface area (Å²) in [5.74, 6) is 0.928. The van der Waals surface area contributed by atoms with E-state index in [4.69, 9.17) is 0 Å². The summed E-state index contributed by atoms with van der Waals surface area (Å²) in [6.07, 6.45) is 5.56. The first kappa shape index (κ1) is 11.4. The van der Waals surface area contributed by atoms with Gasteiger partial charge in [-0.05, 0) is 52.0 Å². The van der Waals surface area contributed by atoms with Crippen molar-refractivity contribution in [1.29, 1.82) is 0 Å². The Balaban J connectivity index is 1.84. The maximum Gasteiger partial charge on any atom is 0.0111 e. The molecule has 0 saturated carbocycles. The zero-order chi connectivity index (χ0) is 10.8. The SMILES string of the molecule is CCCN(CC1CC2CCC1N2)C(C)C. The molecule has 2 fully saturated rings. The van der Waals surface area contributed by atoms with Crippen LogP contribution in [0.3, 0.4) is 0 Å². The van der Waals surface area contributed by atoms with E-state index >= 15 is 0 Å². The lowest BCUT2D eigenvalue weighted by Gasteiger charge is -2.31. The Hall–Kier alpha value is -0.0800. The Morgan fingerprint density at radius 3 is 2.60 bits per heavy atom. The number of hydrogen-bond donors (Lipinski definition) is 1. The lowest BCUT2D eigenvalue weighted by atomic mass is 9.88. The minimum atomic E-state index is 0.712. The van der Waals surface area contributed by atoms with Crippen LogP contribution < -0.4 is 5.32 Å². The first-order valence-electron chi connectivity index (χ1n) is 6.70.